The zero-order valence-corrected chi connectivity index (χ0v) is 28.1. The third-order valence-corrected chi connectivity index (χ3v) is 8.05. The molecule has 1 unspecified atom stereocenters. The average Bonchev–Trinajstić information content (AvgIpc) is 3.80. The van der Waals surface area contributed by atoms with Crippen LogP contribution < -0.4 is 21.3 Å². The van der Waals surface area contributed by atoms with Crippen LogP contribution in [0, 0.1) is 11.8 Å². The molecule has 1 fully saturated rings. The first-order chi connectivity index (χ1) is 22.3. The van der Waals surface area contributed by atoms with Crippen molar-refractivity contribution in [3.05, 3.63) is 71.8 Å². The van der Waals surface area contributed by atoms with Crippen LogP contribution in [0.15, 0.2) is 60.7 Å². The Balaban J connectivity index is 1.81. The van der Waals surface area contributed by atoms with Crippen molar-refractivity contribution in [2.45, 2.75) is 96.5 Å². The minimum atomic E-state index is -1.05. The summed E-state index contributed by atoms with van der Waals surface area (Å²) in [4.78, 5) is 66.5. The van der Waals surface area contributed by atoms with Gasteiger partial charge >= 0.3 is 0 Å². The molecule has 0 aromatic heterocycles. The molecule has 0 spiro atoms. The van der Waals surface area contributed by atoms with E-state index in [1.807, 2.05) is 88.4 Å². The number of aliphatic hydroxyl groups excluding tert-OH is 1. The largest absolute Gasteiger partial charge is 0.387 e. The van der Waals surface area contributed by atoms with Crippen molar-refractivity contribution < 1.29 is 33.8 Å². The Morgan fingerprint density at radius 3 is 1.70 bits per heavy atom. The fraction of sp³-hybridized carbons (Fsp3) is 0.528. The summed E-state index contributed by atoms with van der Waals surface area (Å²) in [6.07, 6.45) is 1.55. The van der Waals surface area contributed by atoms with E-state index in [2.05, 4.69) is 21.3 Å². The lowest BCUT2D eigenvalue weighted by Crippen LogP contribution is -2.59. The number of benzene rings is 2. The van der Waals surface area contributed by atoms with Crippen LogP contribution in [-0.2, 0) is 41.6 Å². The molecule has 0 bridgehead atoms. The second kappa shape index (κ2) is 17.7. The van der Waals surface area contributed by atoms with Crippen molar-refractivity contribution in [3.63, 3.8) is 0 Å². The molecule has 256 valence electrons. The SMILES string of the molecule is CC(C)CC(NC(=O)[C@H](CCc1ccccc1)NC(=O)CO)C(=O)N[C@@H](Cc1ccccc1)C(=O)N[C@@H](CC(C)C)C(=O)[C@@]1(C)CO1. The van der Waals surface area contributed by atoms with Gasteiger partial charge in [-0.1, -0.05) is 88.4 Å². The highest BCUT2D eigenvalue weighted by atomic mass is 16.6. The van der Waals surface area contributed by atoms with Crippen molar-refractivity contribution in [1.82, 2.24) is 21.3 Å². The van der Waals surface area contributed by atoms with Crippen molar-refractivity contribution in [3.8, 4) is 0 Å². The maximum absolute atomic E-state index is 13.8. The van der Waals surface area contributed by atoms with Crippen molar-refractivity contribution >= 4 is 29.4 Å². The topological polar surface area (TPSA) is 166 Å². The van der Waals surface area contributed by atoms with Crippen LogP contribution in [0.4, 0.5) is 0 Å². The third kappa shape index (κ3) is 12.2. The lowest BCUT2D eigenvalue weighted by Gasteiger charge is -2.28. The third-order valence-electron chi connectivity index (χ3n) is 8.05. The standard InChI is InChI=1S/C36H50N4O7/c1-23(2)18-28(32(43)36(5)22-47-36)38-35(46)30(20-26-14-10-7-11-15-26)40-34(45)29(19-24(3)4)39-33(44)27(37-31(42)21-41)17-16-25-12-8-6-9-13-25/h6-15,23-24,27-30,41H,16-22H2,1-5H3,(H,37,42)(H,38,46)(H,39,44)(H,40,45)/t27-,28-,29?,30-,36+/m0/s1. The Labute approximate surface area is 277 Å². The van der Waals surface area contributed by atoms with Crippen LogP contribution >= 0.6 is 0 Å². The fourth-order valence-electron chi connectivity index (χ4n) is 5.37. The number of ketones is 1. The zero-order valence-electron chi connectivity index (χ0n) is 28.1. The van der Waals surface area contributed by atoms with Crippen LogP contribution in [-0.4, -0.2) is 77.5 Å². The maximum Gasteiger partial charge on any atom is 0.246 e. The molecule has 0 radical (unpaired) electrons. The molecule has 4 amide bonds. The normalized spacial score (nSPS) is 18.0. The maximum atomic E-state index is 13.8. The van der Waals surface area contributed by atoms with Crippen LogP contribution in [0.1, 0.15) is 65.0 Å². The van der Waals surface area contributed by atoms with E-state index in [1.54, 1.807) is 6.92 Å². The van der Waals surface area contributed by atoms with Gasteiger partial charge in [0.1, 0.15) is 30.3 Å². The number of rotatable bonds is 19. The molecule has 1 heterocycles. The smallest absolute Gasteiger partial charge is 0.246 e. The summed E-state index contributed by atoms with van der Waals surface area (Å²) in [6.45, 7) is 8.94. The molecule has 2 aromatic rings. The van der Waals surface area contributed by atoms with Gasteiger partial charge in [-0.2, -0.15) is 0 Å². The van der Waals surface area contributed by atoms with Gasteiger partial charge in [-0.05, 0) is 55.6 Å². The number of aryl methyl sites for hydroxylation is 1. The van der Waals surface area contributed by atoms with E-state index in [-0.39, 0.29) is 36.9 Å². The molecule has 5 N–H and O–H groups in total. The number of aliphatic hydroxyl groups is 1. The van der Waals surface area contributed by atoms with E-state index in [1.165, 1.54) is 0 Å². The first-order valence-electron chi connectivity index (χ1n) is 16.4. The molecule has 1 saturated heterocycles. The molecule has 5 atom stereocenters. The molecule has 11 nitrogen and oxygen atoms in total. The highest BCUT2D eigenvalue weighted by Gasteiger charge is 2.50. The van der Waals surface area contributed by atoms with Crippen molar-refractivity contribution in [1.29, 1.82) is 0 Å². The number of Topliss-reactive ketones (excluding diaryl/α,β-unsaturated/α-hetero) is 1. The molecule has 0 saturated carbocycles. The summed E-state index contributed by atoms with van der Waals surface area (Å²) in [5.74, 6) is -2.47. The molecular weight excluding hydrogens is 600 g/mol. The molecule has 3 rings (SSSR count). The minimum Gasteiger partial charge on any atom is -0.387 e. The minimum absolute atomic E-state index is 0.00502. The molecule has 2 aromatic carbocycles. The molecule has 0 aliphatic carbocycles. The molecule has 1 aliphatic rings. The van der Waals surface area contributed by atoms with Gasteiger partial charge in [0.2, 0.25) is 23.6 Å². The first-order valence-corrected chi connectivity index (χ1v) is 16.4. The molecule has 11 heteroatoms. The average molecular weight is 651 g/mol. The van der Waals surface area contributed by atoms with Crippen LogP contribution in [0.5, 0.6) is 0 Å². The monoisotopic (exact) mass is 650 g/mol. The van der Waals surface area contributed by atoms with E-state index in [4.69, 9.17) is 4.74 Å². The number of hydrogen-bond acceptors (Lipinski definition) is 7. The second-order valence-electron chi connectivity index (χ2n) is 13.3. The number of amides is 4. The van der Waals surface area contributed by atoms with E-state index in [9.17, 15) is 29.1 Å². The lowest BCUT2D eigenvalue weighted by molar-refractivity contribution is -0.135. The van der Waals surface area contributed by atoms with E-state index < -0.39 is 60.0 Å². The lowest BCUT2D eigenvalue weighted by atomic mass is 9.93. The van der Waals surface area contributed by atoms with E-state index in [0.29, 0.717) is 19.4 Å². The second-order valence-corrected chi connectivity index (χ2v) is 13.3. The Morgan fingerprint density at radius 2 is 1.17 bits per heavy atom. The van der Waals surface area contributed by atoms with Crippen molar-refractivity contribution in [2.24, 2.45) is 11.8 Å². The Morgan fingerprint density at radius 1 is 0.702 bits per heavy atom. The van der Waals surface area contributed by atoms with Gasteiger partial charge in [-0.3, -0.25) is 24.0 Å². The molecule has 47 heavy (non-hydrogen) atoms. The summed E-state index contributed by atoms with van der Waals surface area (Å²) in [7, 11) is 0. The summed E-state index contributed by atoms with van der Waals surface area (Å²) < 4.78 is 5.37. The van der Waals surface area contributed by atoms with E-state index >= 15 is 0 Å². The number of carbonyl (C=O) groups excluding carboxylic acids is 5. The fourth-order valence-corrected chi connectivity index (χ4v) is 5.37. The quantitative estimate of drug-likeness (QED) is 0.146. The molecule has 1 aliphatic heterocycles. The summed E-state index contributed by atoms with van der Waals surface area (Å²) in [5.41, 5.74) is 0.834. The zero-order chi connectivity index (χ0) is 34.6. The Kier molecular flexibility index (Phi) is 14.1. The van der Waals surface area contributed by atoms with Gasteiger partial charge in [-0.15, -0.1) is 0 Å². The van der Waals surface area contributed by atoms with Crippen molar-refractivity contribution in [2.75, 3.05) is 13.2 Å². The molecular formula is C36H50N4O7. The van der Waals surface area contributed by atoms with Gasteiger partial charge in [0.25, 0.3) is 0 Å². The predicted molar refractivity (Wildman–Crippen MR) is 178 cm³/mol. The van der Waals surface area contributed by atoms with E-state index in [0.717, 1.165) is 11.1 Å². The Hall–Kier alpha value is -4.09. The van der Waals surface area contributed by atoms with Gasteiger partial charge in [0.05, 0.1) is 12.6 Å². The van der Waals surface area contributed by atoms with Gasteiger partial charge in [0.15, 0.2) is 5.78 Å². The van der Waals surface area contributed by atoms with Crippen LogP contribution in [0.2, 0.25) is 0 Å². The number of epoxide rings is 1. The van der Waals surface area contributed by atoms with Gasteiger partial charge < -0.3 is 31.1 Å². The summed E-state index contributed by atoms with van der Waals surface area (Å²) >= 11 is 0. The first kappa shape index (κ1) is 37.4. The number of carbonyl (C=O) groups is 5. The number of ether oxygens (including phenoxy) is 1. The number of nitrogens with one attached hydrogen (secondary N) is 4. The van der Waals surface area contributed by atoms with Gasteiger partial charge in [0, 0.05) is 6.42 Å². The van der Waals surface area contributed by atoms with Gasteiger partial charge in [-0.25, -0.2) is 0 Å². The Bertz CT molecular complexity index is 1350. The highest BCUT2D eigenvalue weighted by Crippen LogP contribution is 2.29. The summed E-state index contributed by atoms with van der Waals surface area (Å²) in [5, 5.41) is 20.4. The van der Waals surface area contributed by atoms with Crippen LogP contribution in [0.25, 0.3) is 0 Å². The van der Waals surface area contributed by atoms with Crippen LogP contribution in [0.3, 0.4) is 0 Å². The number of hydrogen-bond donors (Lipinski definition) is 5. The summed E-state index contributed by atoms with van der Waals surface area (Å²) in [6, 6.07) is 14.8. The predicted octanol–water partition coefficient (Wildman–Crippen LogP) is 2.24. The highest BCUT2D eigenvalue weighted by molar-refractivity contribution is 5.98.